The minimum atomic E-state index is -0.301. The Labute approximate surface area is 106 Å². The Kier molecular flexibility index (Phi) is 3.49. The molecular formula is C12H8BrFN2O. The van der Waals surface area contributed by atoms with Crippen LogP contribution in [0.4, 0.5) is 4.39 Å². The van der Waals surface area contributed by atoms with Crippen LogP contribution in [0, 0.1) is 5.82 Å². The van der Waals surface area contributed by atoms with Gasteiger partial charge in [-0.25, -0.2) is 9.07 Å². The van der Waals surface area contributed by atoms with E-state index in [0.717, 1.165) is 10.0 Å². The SMILES string of the molecule is O=C(/C=C/c1ccc(F)cc1)n1cc(Br)cn1. The average molecular weight is 295 g/mol. The minimum absolute atomic E-state index is 0.264. The molecule has 0 aliphatic rings. The Balaban J connectivity index is 2.10. The second-order valence-electron chi connectivity index (χ2n) is 3.33. The van der Waals surface area contributed by atoms with Crippen LogP contribution in [0.15, 0.2) is 47.2 Å². The van der Waals surface area contributed by atoms with Crippen LogP contribution in [0.25, 0.3) is 6.08 Å². The Morgan fingerprint density at radius 1 is 1.35 bits per heavy atom. The highest BCUT2D eigenvalue weighted by atomic mass is 79.9. The number of allylic oxidation sites excluding steroid dienone is 1. The van der Waals surface area contributed by atoms with E-state index < -0.39 is 0 Å². The van der Waals surface area contributed by atoms with Crippen LogP contribution in [-0.4, -0.2) is 15.7 Å². The summed E-state index contributed by atoms with van der Waals surface area (Å²) in [6, 6.07) is 5.87. The van der Waals surface area contributed by atoms with Crippen LogP contribution in [0.5, 0.6) is 0 Å². The third kappa shape index (κ3) is 3.10. The van der Waals surface area contributed by atoms with E-state index in [0.29, 0.717) is 0 Å². The molecule has 2 rings (SSSR count). The van der Waals surface area contributed by atoms with Crippen molar-refractivity contribution in [3.05, 3.63) is 58.6 Å². The number of benzene rings is 1. The number of hydrogen-bond acceptors (Lipinski definition) is 2. The van der Waals surface area contributed by atoms with Crippen molar-refractivity contribution in [3.63, 3.8) is 0 Å². The zero-order chi connectivity index (χ0) is 12.3. The molecule has 0 fully saturated rings. The summed E-state index contributed by atoms with van der Waals surface area (Å²) in [7, 11) is 0. The van der Waals surface area contributed by atoms with E-state index in [1.54, 1.807) is 24.4 Å². The molecule has 5 heteroatoms. The van der Waals surface area contributed by atoms with Crippen LogP contribution in [0.1, 0.15) is 10.4 Å². The maximum atomic E-state index is 12.6. The van der Waals surface area contributed by atoms with Crippen molar-refractivity contribution in [1.29, 1.82) is 0 Å². The molecule has 0 saturated carbocycles. The van der Waals surface area contributed by atoms with Gasteiger partial charge in [0.1, 0.15) is 5.82 Å². The van der Waals surface area contributed by atoms with E-state index in [1.165, 1.54) is 29.1 Å². The van der Waals surface area contributed by atoms with Gasteiger partial charge in [0.2, 0.25) is 0 Å². The standard InChI is InChI=1S/C12H8BrFN2O/c13-10-7-15-16(8-10)12(17)6-3-9-1-4-11(14)5-2-9/h1-8H/b6-3+. The Morgan fingerprint density at radius 3 is 2.65 bits per heavy atom. The van der Waals surface area contributed by atoms with Gasteiger partial charge >= 0.3 is 0 Å². The number of halogens is 2. The van der Waals surface area contributed by atoms with Crippen LogP contribution in [-0.2, 0) is 0 Å². The van der Waals surface area contributed by atoms with Gasteiger partial charge in [0, 0.05) is 12.3 Å². The molecule has 0 spiro atoms. The third-order valence-electron chi connectivity index (χ3n) is 2.07. The summed E-state index contributed by atoms with van der Waals surface area (Å²) in [5.74, 6) is -0.565. The number of nitrogens with zero attached hydrogens (tertiary/aromatic N) is 2. The lowest BCUT2D eigenvalue weighted by Crippen LogP contribution is -2.06. The number of carbonyl (C=O) groups excluding carboxylic acids is 1. The number of carbonyl (C=O) groups is 1. The largest absolute Gasteiger partial charge is 0.270 e. The normalized spacial score (nSPS) is 10.9. The first-order chi connectivity index (χ1) is 8.15. The number of hydrogen-bond donors (Lipinski definition) is 0. The monoisotopic (exact) mass is 294 g/mol. The topological polar surface area (TPSA) is 34.9 Å². The van der Waals surface area contributed by atoms with Crippen molar-refractivity contribution in [3.8, 4) is 0 Å². The maximum Gasteiger partial charge on any atom is 0.270 e. The van der Waals surface area contributed by atoms with Crippen molar-refractivity contribution in [1.82, 2.24) is 9.78 Å². The van der Waals surface area contributed by atoms with Gasteiger partial charge in [-0.1, -0.05) is 12.1 Å². The first kappa shape index (κ1) is 11.7. The van der Waals surface area contributed by atoms with Gasteiger partial charge < -0.3 is 0 Å². The lowest BCUT2D eigenvalue weighted by atomic mass is 10.2. The summed E-state index contributed by atoms with van der Waals surface area (Å²) in [4.78, 5) is 11.6. The predicted octanol–water partition coefficient (Wildman–Crippen LogP) is 3.14. The molecule has 0 unspecified atom stereocenters. The van der Waals surface area contributed by atoms with Gasteiger partial charge in [-0.05, 0) is 39.7 Å². The summed E-state index contributed by atoms with van der Waals surface area (Å²) in [6.07, 6.45) is 6.09. The van der Waals surface area contributed by atoms with E-state index in [4.69, 9.17) is 0 Å². The van der Waals surface area contributed by atoms with Gasteiger partial charge in [-0.3, -0.25) is 4.79 Å². The molecule has 0 aliphatic heterocycles. The van der Waals surface area contributed by atoms with Crippen molar-refractivity contribution in [2.75, 3.05) is 0 Å². The van der Waals surface area contributed by atoms with Crippen LogP contribution in [0.2, 0.25) is 0 Å². The van der Waals surface area contributed by atoms with E-state index in [-0.39, 0.29) is 11.7 Å². The fourth-order valence-electron chi connectivity index (χ4n) is 1.24. The molecule has 0 bridgehead atoms. The molecular weight excluding hydrogens is 287 g/mol. The molecule has 0 saturated heterocycles. The zero-order valence-electron chi connectivity index (χ0n) is 8.68. The molecule has 0 aliphatic carbocycles. The third-order valence-corrected chi connectivity index (χ3v) is 2.47. The average Bonchev–Trinajstić information content (AvgIpc) is 2.75. The molecule has 3 nitrogen and oxygen atoms in total. The second kappa shape index (κ2) is 5.05. The molecule has 86 valence electrons. The molecule has 0 atom stereocenters. The molecule has 17 heavy (non-hydrogen) atoms. The number of aromatic nitrogens is 2. The van der Waals surface area contributed by atoms with Crippen LogP contribution in [0.3, 0.4) is 0 Å². The van der Waals surface area contributed by atoms with Gasteiger partial charge in [0.05, 0.1) is 10.7 Å². The molecule has 1 heterocycles. The fourth-order valence-corrected chi connectivity index (χ4v) is 1.52. The molecule has 0 amide bonds. The molecule has 1 aromatic heterocycles. The van der Waals surface area contributed by atoms with Crippen molar-refractivity contribution < 1.29 is 9.18 Å². The highest BCUT2D eigenvalue weighted by Gasteiger charge is 2.01. The van der Waals surface area contributed by atoms with E-state index in [2.05, 4.69) is 21.0 Å². The summed E-state index contributed by atoms with van der Waals surface area (Å²) in [5, 5.41) is 3.85. The maximum absolute atomic E-state index is 12.6. The van der Waals surface area contributed by atoms with Crippen molar-refractivity contribution in [2.45, 2.75) is 0 Å². The summed E-state index contributed by atoms with van der Waals surface area (Å²) >= 11 is 3.20. The van der Waals surface area contributed by atoms with Gasteiger partial charge in [-0.2, -0.15) is 5.10 Å². The quantitative estimate of drug-likeness (QED) is 0.798. The Hall–Kier alpha value is -1.75. The highest BCUT2D eigenvalue weighted by molar-refractivity contribution is 9.10. The molecule has 2 aromatic rings. The smallest absolute Gasteiger partial charge is 0.267 e. The molecule has 0 radical (unpaired) electrons. The highest BCUT2D eigenvalue weighted by Crippen LogP contribution is 2.07. The summed E-state index contributed by atoms with van der Waals surface area (Å²) in [6.45, 7) is 0. The fraction of sp³-hybridized carbons (Fsp3) is 0. The van der Waals surface area contributed by atoms with Crippen molar-refractivity contribution >= 4 is 27.9 Å². The van der Waals surface area contributed by atoms with Crippen LogP contribution < -0.4 is 0 Å². The van der Waals surface area contributed by atoms with E-state index >= 15 is 0 Å². The lowest BCUT2D eigenvalue weighted by Gasteiger charge is -1.94. The Bertz CT molecular complexity index is 560. The van der Waals surface area contributed by atoms with Gasteiger partial charge in [-0.15, -0.1) is 0 Å². The van der Waals surface area contributed by atoms with E-state index in [1.807, 2.05) is 0 Å². The minimum Gasteiger partial charge on any atom is -0.267 e. The van der Waals surface area contributed by atoms with Crippen LogP contribution >= 0.6 is 15.9 Å². The summed E-state index contributed by atoms with van der Waals surface area (Å²) in [5.41, 5.74) is 0.756. The Morgan fingerprint density at radius 2 is 2.06 bits per heavy atom. The number of rotatable bonds is 2. The zero-order valence-corrected chi connectivity index (χ0v) is 10.3. The van der Waals surface area contributed by atoms with Crippen molar-refractivity contribution in [2.24, 2.45) is 0 Å². The molecule has 0 N–H and O–H groups in total. The second-order valence-corrected chi connectivity index (χ2v) is 4.24. The predicted molar refractivity (Wildman–Crippen MR) is 66.0 cm³/mol. The summed E-state index contributed by atoms with van der Waals surface area (Å²) < 4.78 is 14.6. The van der Waals surface area contributed by atoms with Gasteiger partial charge in [0.25, 0.3) is 5.91 Å². The lowest BCUT2D eigenvalue weighted by molar-refractivity contribution is 0.0955. The van der Waals surface area contributed by atoms with Gasteiger partial charge in [0.15, 0.2) is 0 Å². The molecule has 1 aromatic carbocycles. The first-order valence-electron chi connectivity index (χ1n) is 4.83. The first-order valence-corrected chi connectivity index (χ1v) is 5.62. The van der Waals surface area contributed by atoms with E-state index in [9.17, 15) is 9.18 Å².